The highest BCUT2D eigenvalue weighted by Crippen LogP contribution is 2.26. The van der Waals surface area contributed by atoms with Gasteiger partial charge in [0.1, 0.15) is 0 Å². The van der Waals surface area contributed by atoms with Crippen LogP contribution in [0.4, 0.5) is 0 Å². The molecule has 1 aliphatic rings. The highest BCUT2D eigenvalue weighted by Gasteiger charge is 2.12. The van der Waals surface area contributed by atoms with Gasteiger partial charge in [-0.25, -0.2) is 0 Å². The summed E-state index contributed by atoms with van der Waals surface area (Å²) in [5, 5.41) is 9.39. The number of hydrogen-bond acceptors (Lipinski definition) is 2. The first-order valence-corrected chi connectivity index (χ1v) is 5.78. The van der Waals surface area contributed by atoms with Gasteiger partial charge >= 0.3 is 0 Å². The Morgan fingerprint density at radius 2 is 1.81 bits per heavy atom. The number of hydrogen-bond donors (Lipinski definition) is 1. The average molecular weight is 218 g/mol. The molecule has 0 saturated carbocycles. The second-order valence-corrected chi connectivity index (χ2v) is 4.22. The van der Waals surface area contributed by atoms with Gasteiger partial charge in [0.05, 0.1) is 19.8 Å². The van der Waals surface area contributed by atoms with E-state index in [4.69, 9.17) is 4.74 Å². The van der Waals surface area contributed by atoms with E-state index in [2.05, 4.69) is 31.2 Å². The van der Waals surface area contributed by atoms with Crippen LogP contribution in [0.1, 0.15) is 24.0 Å². The molecular formula is C14H18O2. The van der Waals surface area contributed by atoms with Gasteiger partial charge in [0.25, 0.3) is 0 Å². The van der Waals surface area contributed by atoms with Crippen molar-refractivity contribution in [2.75, 3.05) is 19.8 Å². The molecule has 1 aliphatic heterocycles. The second-order valence-electron chi connectivity index (χ2n) is 4.22. The number of ether oxygens (including phenoxy) is 1. The summed E-state index contributed by atoms with van der Waals surface area (Å²) in [6, 6.07) is 8.49. The summed E-state index contributed by atoms with van der Waals surface area (Å²) >= 11 is 0. The molecule has 2 rings (SSSR count). The van der Waals surface area contributed by atoms with Crippen molar-refractivity contribution in [3.05, 3.63) is 41.0 Å². The molecule has 86 valence electrons. The van der Waals surface area contributed by atoms with Crippen molar-refractivity contribution in [3.8, 4) is 0 Å². The largest absolute Gasteiger partial charge is 0.392 e. The molecule has 0 aliphatic carbocycles. The van der Waals surface area contributed by atoms with Crippen LogP contribution in [-0.2, 0) is 4.74 Å². The lowest BCUT2D eigenvalue weighted by molar-refractivity contribution is 0.146. The van der Waals surface area contributed by atoms with Crippen LogP contribution in [0.15, 0.2) is 29.8 Å². The van der Waals surface area contributed by atoms with Crippen molar-refractivity contribution >= 4 is 5.57 Å². The Bertz CT molecular complexity index is 376. The van der Waals surface area contributed by atoms with Crippen molar-refractivity contribution in [3.63, 3.8) is 0 Å². The molecule has 0 aromatic heterocycles. The van der Waals surface area contributed by atoms with Gasteiger partial charge in [0, 0.05) is 0 Å². The Morgan fingerprint density at radius 1 is 1.12 bits per heavy atom. The van der Waals surface area contributed by atoms with Gasteiger partial charge in [-0.15, -0.1) is 0 Å². The first-order chi connectivity index (χ1) is 7.81. The molecule has 0 bridgehead atoms. The fourth-order valence-corrected chi connectivity index (χ4v) is 2.08. The Kier molecular flexibility index (Phi) is 3.75. The molecule has 0 fully saturated rings. The van der Waals surface area contributed by atoms with E-state index >= 15 is 0 Å². The summed E-state index contributed by atoms with van der Waals surface area (Å²) < 4.78 is 5.45. The number of aliphatic hydroxyl groups is 1. The lowest BCUT2D eigenvalue weighted by atomic mass is 9.96. The van der Waals surface area contributed by atoms with Gasteiger partial charge in [-0.1, -0.05) is 29.8 Å². The van der Waals surface area contributed by atoms with Gasteiger partial charge < -0.3 is 9.84 Å². The molecule has 1 heterocycles. The van der Waals surface area contributed by atoms with E-state index in [1.54, 1.807) is 0 Å². The molecule has 0 radical (unpaired) electrons. The van der Waals surface area contributed by atoms with E-state index in [0.717, 1.165) is 31.6 Å². The Hall–Kier alpha value is -1.12. The molecule has 16 heavy (non-hydrogen) atoms. The summed E-state index contributed by atoms with van der Waals surface area (Å²) in [6.07, 6.45) is 1.75. The van der Waals surface area contributed by atoms with Gasteiger partial charge in [0.15, 0.2) is 0 Å². The number of aryl methyl sites for hydroxylation is 1. The van der Waals surface area contributed by atoms with Crippen molar-refractivity contribution < 1.29 is 9.84 Å². The lowest BCUT2D eigenvalue weighted by Gasteiger charge is -2.10. The second kappa shape index (κ2) is 5.28. The highest BCUT2D eigenvalue weighted by atomic mass is 16.5. The molecule has 0 spiro atoms. The number of aliphatic hydroxyl groups excluding tert-OH is 1. The van der Waals surface area contributed by atoms with E-state index in [1.807, 2.05) is 0 Å². The van der Waals surface area contributed by atoms with Crippen LogP contribution < -0.4 is 0 Å². The zero-order valence-corrected chi connectivity index (χ0v) is 9.70. The van der Waals surface area contributed by atoms with Gasteiger partial charge in [0.2, 0.25) is 0 Å². The minimum absolute atomic E-state index is 0.145. The van der Waals surface area contributed by atoms with Crippen LogP contribution in [0.3, 0.4) is 0 Å². The van der Waals surface area contributed by atoms with Crippen molar-refractivity contribution in [1.29, 1.82) is 0 Å². The molecule has 0 unspecified atom stereocenters. The molecule has 0 amide bonds. The van der Waals surface area contributed by atoms with Crippen LogP contribution in [0, 0.1) is 6.92 Å². The third kappa shape index (κ3) is 2.52. The molecule has 1 aromatic carbocycles. The summed E-state index contributed by atoms with van der Waals surface area (Å²) in [4.78, 5) is 0. The Balaban J connectivity index is 2.34. The van der Waals surface area contributed by atoms with Crippen LogP contribution in [0.2, 0.25) is 0 Å². The molecule has 1 aromatic rings. The molecule has 0 saturated heterocycles. The van der Waals surface area contributed by atoms with Gasteiger partial charge in [-0.3, -0.25) is 0 Å². The maximum absolute atomic E-state index is 9.39. The summed E-state index contributed by atoms with van der Waals surface area (Å²) in [6.45, 7) is 3.71. The van der Waals surface area contributed by atoms with Crippen LogP contribution in [-0.4, -0.2) is 24.9 Å². The smallest absolute Gasteiger partial charge is 0.0648 e. The topological polar surface area (TPSA) is 29.5 Å². The van der Waals surface area contributed by atoms with Crippen molar-refractivity contribution in [1.82, 2.24) is 0 Å². The van der Waals surface area contributed by atoms with Crippen LogP contribution in [0.5, 0.6) is 0 Å². The molecule has 0 atom stereocenters. The van der Waals surface area contributed by atoms with Gasteiger partial charge in [-0.05, 0) is 36.5 Å². The van der Waals surface area contributed by atoms with E-state index in [1.165, 1.54) is 16.7 Å². The van der Waals surface area contributed by atoms with Gasteiger partial charge in [-0.2, -0.15) is 0 Å². The SMILES string of the molecule is Cc1ccc(C2=C(CO)CCOCC2)cc1. The zero-order chi connectivity index (χ0) is 11.4. The standard InChI is InChI=1S/C14H18O2/c1-11-2-4-12(5-3-11)14-7-9-16-8-6-13(14)10-15/h2-5,15H,6-10H2,1H3. The summed E-state index contributed by atoms with van der Waals surface area (Å²) in [5.74, 6) is 0. The molecule has 2 nitrogen and oxygen atoms in total. The summed E-state index contributed by atoms with van der Waals surface area (Å²) in [5.41, 5.74) is 4.88. The van der Waals surface area contributed by atoms with E-state index in [-0.39, 0.29) is 6.61 Å². The Labute approximate surface area is 96.6 Å². The number of rotatable bonds is 2. The Morgan fingerprint density at radius 3 is 2.50 bits per heavy atom. The minimum Gasteiger partial charge on any atom is -0.392 e. The first-order valence-electron chi connectivity index (χ1n) is 5.78. The average Bonchev–Trinajstić information content (AvgIpc) is 2.55. The van der Waals surface area contributed by atoms with E-state index < -0.39 is 0 Å². The molecular weight excluding hydrogens is 200 g/mol. The quantitative estimate of drug-likeness (QED) is 0.826. The zero-order valence-electron chi connectivity index (χ0n) is 9.70. The maximum Gasteiger partial charge on any atom is 0.0648 e. The minimum atomic E-state index is 0.145. The fourth-order valence-electron chi connectivity index (χ4n) is 2.08. The van der Waals surface area contributed by atoms with E-state index in [9.17, 15) is 5.11 Å². The predicted molar refractivity (Wildman–Crippen MR) is 65.2 cm³/mol. The monoisotopic (exact) mass is 218 g/mol. The van der Waals surface area contributed by atoms with Crippen LogP contribution in [0.25, 0.3) is 5.57 Å². The normalized spacial score (nSPS) is 17.4. The van der Waals surface area contributed by atoms with Crippen molar-refractivity contribution in [2.24, 2.45) is 0 Å². The maximum atomic E-state index is 9.39. The number of benzene rings is 1. The predicted octanol–water partition coefficient (Wildman–Crippen LogP) is 2.55. The fraction of sp³-hybridized carbons (Fsp3) is 0.429. The third-order valence-corrected chi connectivity index (χ3v) is 3.06. The third-order valence-electron chi connectivity index (χ3n) is 3.06. The molecule has 2 heteroatoms. The lowest BCUT2D eigenvalue weighted by Crippen LogP contribution is -1.97. The first kappa shape index (κ1) is 11.4. The van der Waals surface area contributed by atoms with Crippen molar-refractivity contribution in [2.45, 2.75) is 19.8 Å². The highest BCUT2D eigenvalue weighted by molar-refractivity contribution is 5.69. The summed E-state index contributed by atoms with van der Waals surface area (Å²) in [7, 11) is 0. The molecule has 1 N–H and O–H groups in total. The van der Waals surface area contributed by atoms with E-state index in [0.29, 0.717) is 0 Å². The van der Waals surface area contributed by atoms with Crippen LogP contribution >= 0.6 is 0 Å².